The summed E-state index contributed by atoms with van der Waals surface area (Å²) in [7, 11) is 0. The highest BCUT2D eigenvalue weighted by atomic mass is 16.7. The van der Waals surface area contributed by atoms with Crippen LogP contribution in [-0.2, 0) is 9.47 Å². The van der Waals surface area contributed by atoms with Crippen LogP contribution in [0.2, 0.25) is 0 Å². The lowest BCUT2D eigenvalue weighted by molar-refractivity contribution is -0.181. The van der Waals surface area contributed by atoms with Gasteiger partial charge in [0, 0.05) is 38.2 Å². The van der Waals surface area contributed by atoms with E-state index in [0.717, 1.165) is 17.9 Å². The van der Waals surface area contributed by atoms with Crippen molar-refractivity contribution < 1.29 is 14.3 Å². The van der Waals surface area contributed by atoms with Crippen LogP contribution in [0, 0.1) is 0 Å². The lowest BCUT2D eigenvalue weighted by atomic mass is 10.0. The number of carbonyl (C=O) groups is 1. The van der Waals surface area contributed by atoms with E-state index in [1.165, 1.54) is 0 Å². The van der Waals surface area contributed by atoms with Gasteiger partial charge >= 0.3 is 0 Å². The number of anilines is 2. The van der Waals surface area contributed by atoms with Crippen molar-refractivity contribution in [2.45, 2.75) is 25.6 Å². The monoisotopic (exact) mass is 367 g/mol. The van der Waals surface area contributed by atoms with Crippen molar-refractivity contribution in [2.75, 3.05) is 37.7 Å². The number of hydrogen-bond acceptors (Lipinski definition) is 5. The molecule has 27 heavy (non-hydrogen) atoms. The standard InChI is InChI=1S/C21H25N3O3/c1-2-24(17-6-4-3-5-7-17)18-8-9-19(22-16-18)20(25)23-12-10-21(11-13-23)26-14-15-27-21/h3-9,16H,2,10-15H2,1H3. The average Bonchev–Trinajstić information content (AvgIpc) is 3.18. The quantitative estimate of drug-likeness (QED) is 0.831. The third-order valence-electron chi connectivity index (χ3n) is 5.29. The van der Waals surface area contributed by atoms with Gasteiger partial charge in [0.15, 0.2) is 5.79 Å². The van der Waals surface area contributed by atoms with Crippen molar-refractivity contribution in [1.29, 1.82) is 0 Å². The Balaban J connectivity index is 1.43. The van der Waals surface area contributed by atoms with E-state index in [2.05, 4.69) is 28.9 Å². The highest BCUT2D eigenvalue weighted by molar-refractivity contribution is 5.92. The molecule has 0 saturated carbocycles. The summed E-state index contributed by atoms with van der Waals surface area (Å²) in [6, 6.07) is 14.0. The Morgan fingerprint density at radius 1 is 1.07 bits per heavy atom. The molecule has 0 aliphatic carbocycles. The van der Waals surface area contributed by atoms with Crippen molar-refractivity contribution >= 4 is 17.3 Å². The predicted molar refractivity (Wildman–Crippen MR) is 103 cm³/mol. The molecular weight excluding hydrogens is 342 g/mol. The largest absolute Gasteiger partial charge is 0.347 e. The molecule has 0 bridgehead atoms. The number of para-hydroxylation sites is 1. The van der Waals surface area contributed by atoms with E-state index in [1.54, 1.807) is 6.20 Å². The normalized spacial score (nSPS) is 18.6. The second-order valence-electron chi connectivity index (χ2n) is 6.88. The summed E-state index contributed by atoms with van der Waals surface area (Å²) in [6.45, 7) is 5.48. The smallest absolute Gasteiger partial charge is 0.272 e. The number of amides is 1. The molecule has 1 aromatic heterocycles. The van der Waals surface area contributed by atoms with Gasteiger partial charge in [0.1, 0.15) is 5.69 Å². The topological polar surface area (TPSA) is 54.9 Å². The fourth-order valence-corrected chi connectivity index (χ4v) is 3.79. The fraction of sp³-hybridized carbons (Fsp3) is 0.429. The van der Waals surface area contributed by atoms with Gasteiger partial charge in [0.05, 0.1) is 25.1 Å². The molecule has 1 amide bonds. The van der Waals surface area contributed by atoms with Crippen LogP contribution in [0.3, 0.4) is 0 Å². The lowest BCUT2D eigenvalue weighted by Gasteiger charge is -2.37. The van der Waals surface area contributed by atoms with Gasteiger partial charge in [-0.3, -0.25) is 4.79 Å². The van der Waals surface area contributed by atoms with Gasteiger partial charge in [-0.1, -0.05) is 18.2 Å². The molecule has 0 unspecified atom stereocenters. The van der Waals surface area contributed by atoms with Gasteiger partial charge in [0.25, 0.3) is 5.91 Å². The summed E-state index contributed by atoms with van der Waals surface area (Å²) >= 11 is 0. The van der Waals surface area contributed by atoms with Crippen molar-refractivity contribution in [1.82, 2.24) is 9.88 Å². The zero-order valence-corrected chi connectivity index (χ0v) is 15.6. The van der Waals surface area contributed by atoms with Crippen LogP contribution in [0.1, 0.15) is 30.3 Å². The van der Waals surface area contributed by atoms with Gasteiger partial charge in [0.2, 0.25) is 0 Å². The van der Waals surface area contributed by atoms with E-state index in [-0.39, 0.29) is 5.91 Å². The van der Waals surface area contributed by atoms with E-state index in [9.17, 15) is 4.79 Å². The molecule has 1 aromatic carbocycles. The number of pyridine rings is 1. The number of hydrogen-bond donors (Lipinski definition) is 0. The minimum Gasteiger partial charge on any atom is -0.347 e. The lowest BCUT2D eigenvalue weighted by Crippen LogP contribution is -2.47. The molecule has 6 heteroatoms. The van der Waals surface area contributed by atoms with E-state index >= 15 is 0 Å². The minimum absolute atomic E-state index is 0.0304. The number of carbonyl (C=O) groups excluding carboxylic acids is 1. The maximum atomic E-state index is 12.8. The first-order valence-corrected chi connectivity index (χ1v) is 9.57. The molecule has 0 N–H and O–H groups in total. The van der Waals surface area contributed by atoms with Crippen LogP contribution in [0.5, 0.6) is 0 Å². The Labute approximate surface area is 159 Å². The van der Waals surface area contributed by atoms with E-state index < -0.39 is 5.79 Å². The molecule has 2 aliphatic heterocycles. The number of piperidine rings is 1. The maximum absolute atomic E-state index is 12.8. The Hall–Kier alpha value is -2.44. The molecule has 3 heterocycles. The molecule has 2 aliphatic rings. The minimum atomic E-state index is -0.467. The van der Waals surface area contributed by atoms with Crippen LogP contribution in [0.15, 0.2) is 48.7 Å². The first-order chi connectivity index (χ1) is 13.2. The third-order valence-corrected chi connectivity index (χ3v) is 5.29. The van der Waals surface area contributed by atoms with E-state index in [4.69, 9.17) is 9.47 Å². The summed E-state index contributed by atoms with van der Waals surface area (Å²) in [5, 5.41) is 0. The van der Waals surface area contributed by atoms with Crippen molar-refractivity contribution in [3.8, 4) is 0 Å². The molecule has 2 aromatic rings. The second-order valence-corrected chi connectivity index (χ2v) is 6.88. The Bertz CT molecular complexity index is 763. The van der Waals surface area contributed by atoms with E-state index in [1.807, 2.05) is 35.2 Å². The number of likely N-dealkylation sites (tertiary alicyclic amines) is 1. The molecule has 2 saturated heterocycles. The molecule has 142 valence electrons. The number of ether oxygens (including phenoxy) is 2. The Morgan fingerprint density at radius 3 is 2.37 bits per heavy atom. The van der Waals surface area contributed by atoms with Gasteiger partial charge in [-0.25, -0.2) is 4.98 Å². The van der Waals surface area contributed by atoms with Crippen molar-refractivity contribution in [2.24, 2.45) is 0 Å². The van der Waals surface area contributed by atoms with Crippen LogP contribution in [0.4, 0.5) is 11.4 Å². The molecule has 1 spiro atoms. The van der Waals surface area contributed by atoms with Crippen molar-refractivity contribution in [3.63, 3.8) is 0 Å². The van der Waals surface area contributed by atoms with Gasteiger partial charge in [-0.15, -0.1) is 0 Å². The first-order valence-electron chi connectivity index (χ1n) is 9.57. The maximum Gasteiger partial charge on any atom is 0.272 e. The summed E-state index contributed by atoms with van der Waals surface area (Å²) < 4.78 is 11.5. The van der Waals surface area contributed by atoms with Crippen LogP contribution in [-0.4, -0.2) is 54.4 Å². The fourth-order valence-electron chi connectivity index (χ4n) is 3.79. The SMILES string of the molecule is CCN(c1ccccc1)c1ccc(C(=O)N2CCC3(CC2)OCCO3)nc1. The Kier molecular flexibility index (Phi) is 5.09. The average molecular weight is 367 g/mol. The van der Waals surface area contributed by atoms with Gasteiger partial charge in [-0.2, -0.15) is 0 Å². The highest BCUT2D eigenvalue weighted by Crippen LogP contribution is 2.32. The zero-order valence-electron chi connectivity index (χ0n) is 15.6. The number of aromatic nitrogens is 1. The second kappa shape index (κ2) is 7.66. The summed E-state index contributed by atoms with van der Waals surface area (Å²) in [5.41, 5.74) is 2.57. The molecule has 2 fully saturated rings. The number of nitrogens with zero attached hydrogens (tertiary/aromatic N) is 3. The predicted octanol–water partition coefficient (Wildman–Crippen LogP) is 3.22. The van der Waals surface area contributed by atoms with Gasteiger partial charge < -0.3 is 19.3 Å². The van der Waals surface area contributed by atoms with Crippen LogP contribution < -0.4 is 4.90 Å². The number of rotatable bonds is 4. The summed E-state index contributed by atoms with van der Waals surface area (Å²) in [6.07, 6.45) is 3.21. The van der Waals surface area contributed by atoms with E-state index in [0.29, 0.717) is 44.8 Å². The molecular formula is C21H25N3O3. The molecule has 4 rings (SSSR count). The first kappa shape index (κ1) is 17.9. The van der Waals surface area contributed by atoms with Crippen LogP contribution in [0.25, 0.3) is 0 Å². The molecule has 0 radical (unpaired) electrons. The number of benzene rings is 1. The third kappa shape index (κ3) is 3.68. The summed E-state index contributed by atoms with van der Waals surface area (Å²) in [5.74, 6) is -0.497. The Morgan fingerprint density at radius 2 is 1.78 bits per heavy atom. The van der Waals surface area contributed by atoms with Crippen molar-refractivity contribution in [3.05, 3.63) is 54.4 Å². The highest BCUT2D eigenvalue weighted by Gasteiger charge is 2.41. The van der Waals surface area contributed by atoms with Crippen LogP contribution >= 0.6 is 0 Å². The summed E-state index contributed by atoms with van der Waals surface area (Å²) in [4.78, 5) is 21.2. The van der Waals surface area contributed by atoms with Gasteiger partial charge in [-0.05, 0) is 31.2 Å². The molecule has 6 nitrogen and oxygen atoms in total. The molecule has 0 atom stereocenters. The zero-order chi connectivity index (χ0) is 18.7.